The van der Waals surface area contributed by atoms with Crippen molar-refractivity contribution in [3.05, 3.63) is 47.8 Å². The maximum atomic E-state index is 4.51. The lowest BCUT2D eigenvalue weighted by molar-refractivity contribution is 0.721. The zero-order valence-electron chi connectivity index (χ0n) is 10.7. The molecule has 2 rings (SSSR count). The third-order valence-electron chi connectivity index (χ3n) is 2.50. The average Bonchev–Trinajstić information content (AvgIpc) is 2.40. The highest BCUT2D eigenvalue weighted by Crippen LogP contribution is 2.26. The van der Waals surface area contributed by atoms with Crippen LogP contribution in [0.2, 0.25) is 0 Å². The molecule has 0 saturated heterocycles. The summed E-state index contributed by atoms with van der Waals surface area (Å²) >= 11 is 1.60. The number of hydrogen-bond acceptors (Lipinski definition) is 4. The second kappa shape index (κ2) is 6.52. The lowest BCUT2D eigenvalue weighted by Gasteiger charge is -2.07. The predicted octanol–water partition coefficient (Wildman–Crippen LogP) is 3.05. The molecule has 94 valence electrons. The van der Waals surface area contributed by atoms with Gasteiger partial charge in [-0.15, -0.1) is 0 Å². The van der Waals surface area contributed by atoms with Crippen LogP contribution in [-0.4, -0.2) is 16.5 Å². The first-order valence-corrected chi connectivity index (χ1v) is 6.86. The third kappa shape index (κ3) is 3.55. The monoisotopic (exact) mass is 259 g/mol. The first-order valence-electron chi connectivity index (χ1n) is 6.04. The highest BCUT2D eigenvalue weighted by molar-refractivity contribution is 7.99. The Kier molecular flexibility index (Phi) is 4.73. The van der Waals surface area contributed by atoms with E-state index in [1.54, 1.807) is 18.0 Å². The molecule has 0 unspecified atom stereocenters. The number of nitrogens with zero attached hydrogens (tertiary/aromatic N) is 2. The van der Waals surface area contributed by atoms with Crippen molar-refractivity contribution in [3.63, 3.8) is 0 Å². The molecule has 0 aliphatic heterocycles. The van der Waals surface area contributed by atoms with Gasteiger partial charge in [0.15, 0.2) is 0 Å². The largest absolute Gasteiger partial charge is 0.313 e. The van der Waals surface area contributed by atoms with E-state index in [0.29, 0.717) is 0 Å². The fourth-order valence-electron chi connectivity index (χ4n) is 1.60. The first kappa shape index (κ1) is 13.1. The molecule has 0 fully saturated rings. The fourth-order valence-corrected chi connectivity index (χ4v) is 2.38. The normalized spacial score (nSPS) is 10.6. The predicted molar refractivity (Wildman–Crippen MR) is 74.7 cm³/mol. The van der Waals surface area contributed by atoms with Gasteiger partial charge < -0.3 is 5.32 Å². The average molecular weight is 259 g/mol. The van der Waals surface area contributed by atoms with Gasteiger partial charge in [0.05, 0.1) is 0 Å². The van der Waals surface area contributed by atoms with Gasteiger partial charge >= 0.3 is 0 Å². The van der Waals surface area contributed by atoms with Gasteiger partial charge in [-0.05, 0) is 48.5 Å². The van der Waals surface area contributed by atoms with Crippen molar-refractivity contribution in [2.75, 3.05) is 6.54 Å². The van der Waals surface area contributed by atoms with E-state index in [1.807, 2.05) is 24.4 Å². The molecule has 0 saturated carbocycles. The molecular weight excluding hydrogens is 242 g/mol. The molecule has 0 aliphatic carbocycles. The number of rotatable bonds is 5. The summed E-state index contributed by atoms with van der Waals surface area (Å²) in [6.45, 7) is 6.04. The molecule has 0 aliphatic rings. The van der Waals surface area contributed by atoms with Crippen LogP contribution in [0, 0.1) is 6.92 Å². The van der Waals surface area contributed by atoms with Crippen LogP contribution >= 0.6 is 11.8 Å². The van der Waals surface area contributed by atoms with Gasteiger partial charge in [-0.3, -0.25) is 0 Å². The molecule has 0 spiro atoms. The summed E-state index contributed by atoms with van der Waals surface area (Å²) in [5.41, 5.74) is 2.42. The van der Waals surface area contributed by atoms with Gasteiger partial charge in [0.1, 0.15) is 10.1 Å². The molecule has 0 radical (unpaired) electrons. The maximum Gasteiger partial charge on any atom is 0.105 e. The van der Waals surface area contributed by atoms with Crippen LogP contribution in [0.4, 0.5) is 0 Å². The molecule has 2 aromatic heterocycles. The molecule has 18 heavy (non-hydrogen) atoms. The quantitative estimate of drug-likeness (QED) is 0.895. The summed E-state index contributed by atoms with van der Waals surface area (Å²) in [7, 11) is 0. The van der Waals surface area contributed by atoms with Crippen LogP contribution in [0.1, 0.15) is 18.1 Å². The van der Waals surface area contributed by atoms with Crippen LogP contribution < -0.4 is 5.32 Å². The molecule has 0 amide bonds. The van der Waals surface area contributed by atoms with Crippen molar-refractivity contribution >= 4 is 11.8 Å². The van der Waals surface area contributed by atoms with Crippen LogP contribution in [0.3, 0.4) is 0 Å². The molecular formula is C14H17N3S. The molecule has 0 bridgehead atoms. The van der Waals surface area contributed by atoms with Gasteiger partial charge in [0.2, 0.25) is 0 Å². The van der Waals surface area contributed by atoms with Crippen molar-refractivity contribution in [3.8, 4) is 0 Å². The minimum Gasteiger partial charge on any atom is -0.313 e. The summed E-state index contributed by atoms with van der Waals surface area (Å²) in [5.74, 6) is 0. The Balaban J connectivity index is 2.10. The Morgan fingerprint density at radius 1 is 1.28 bits per heavy atom. The van der Waals surface area contributed by atoms with Gasteiger partial charge in [-0.25, -0.2) is 9.97 Å². The van der Waals surface area contributed by atoms with Crippen molar-refractivity contribution in [2.24, 2.45) is 0 Å². The van der Waals surface area contributed by atoms with Crippen LogP contribution in [0.25, 0.3) is 0 Å². The summed E-state index contributed by atoms with van der Waals surface area (Å²) < 4.78 is 0. The number of aryl methyl sites for hydroxylation is 1. The second-order valence-electron chi connectivity index (χ2n) is 4.02. The topological polar surface area (TPSA) is 37.8 Å². The SMILES string of the molecule is CCNCc1cnc(Sc2ccccn2)c(C)c1. The minimum absolute atomic E-state index is 0.874. The molecule has 0 aromatic carbocycles. The summed E-state index contributed by atoms with van der Waals surface area (Å²) in [6, 6.07) is 8.09. The van der Waals surface area contributed by atoms with Crippen molar-refractivity contribution in [1.82, 2.24) is 15.3 Å². The maximum absolute atomic E-state index is 4.51. The second-order valence-corrected chi connectivity index (χ2v) is 5.03. The molecule has 2 aromatic rings. The van der Waals surface area contributed by atoms with Crippen molar-refractivity contribution in [1.29, 1.82) is 0 Å². The van der Waals surface area contributed by atoms with Crippen molar-refractivity contribution in [2.45, 2.75) is 30.4 Å². The Labute approximate surface area is 112 Å². The minimum atomic E-state index is 0.874. The molecule has 0 atom stereocenters. The zero-order valence-corrected chi connectivity index (χ0v) is 11.5. The summed E-state index contributed by atoms with van der Waals surface area (Å²) in [6.07, 6.45) is 3.73. The number of aromatic nitrogens is 2. The van der Waals surface area contributed by atoms with E-state index in [9.17, 15) is 0 Å². The number of nitrogens with one attached hydrogen (secondary N) is 1. The molecule has 1 N–H and O–H groups in total. The highest BCUT2D eigenvalue weighted by Gasteiger charge is 2.04. The molecule has 2 heterocycles. The highest BCUT2D eigenvalue weighted by atomic mass is 32.2. The van der Waals surface area contributed by atoms with Crippen LogP contribution in [-0.2, 0) is 6.54 Å². The van der Waals surface area contributed by atoms with E-state index >= 15 is 0 Å². The van der Waals surface area contributed by atoms with Gasteiger partial charge in [0.25, 0.3) is 0 Å². The van der Waals surface area contributed by atoms with E-state index in [-0.39, 0.29) is 0 Å². The molecule has 3 nitrogen and oxygen atoms in total. The van der Waals surface area contributed by atoms with E-state index < -0.39 is 0 Å². The van der Waals surface area contributed by atoms with Gasteiger partial charge in [0, 0.05) is 18.9 Å². The standard InChI is InChI=1S/C14H17N3S/c1-3-15-9-12-8-11(2)14(17-10-12)18-13-6-4-5-7-16-13/h4-8,10,15H,3,9H2,1-2H3. The van der Waals surface area contributed by atoms with Gasteiger partial charge in [-0.2, -0.15) is 0 Å². The lowest BCUT2D eigenvalue weighted by Crippen LogP contribution is -2.12. The molecule has 4 heteroatoms. The zero-order chi connectivity index (χ0) is 12.8. The van der Waals surface area contributed by atoms with Crippen LogP contribution in [0.15, 0.2) is 46.7 Å². The number of hydrogen-bond donors (Lipinski definition) is 1. The van der Waals surface area contributed by atoms with Crippen molar-refractivity contribution < 1.29 is 0 Å². The van der Waals surface area contributed by atoms with Gasteiger partial charge in [-0.1, -0.05) is 19.1 Å². The number of pyridine rings is 2. The first-order chi connectivity index (χ1) is 8.79. The lowest BCUT2D eigenvalue weighted by atomic mass is 10.2. The fraction of sp³-hybridized carbons (Fsp3) is 0.286. The Bertz CT molecular complexity index is 500. The third-order valence-corrected chi connectivity index (χ3v) is 3.58. The van der Waals surface area contributed by atoms with E-state index in [2.05, 4.69) is 35.2 Å². The van der Waals surface area contributed by atoms with E-state index in [0.717, 1.165) is 23.1 Å². The Hall–Kier alpha value is -1.39. The summed E-state index contributed by atoms with van der Waals surface area (Å²) in [4.78, 5) is 8.81. The Morgan fingerprint density at radius 3 is 2.83 bits per heavy atom. The summed E-state index contributed by atoms with van der Waals surface area (Å²) in [5, 5.41) is 5.30. The van der Waals surface area contributed by atoms with E-state index in [4.69, 9.17) is 0 Å². The smallest absolute Gasteiger partial charge is 0.105 e. The van der Waals surface area contributed by atoms with E-state index in [1.165, 1.54) is 11.1 Å². The Morgan fingerprint density at radius 2 is 2.17 bits per heavy atom. The van der Waals surface area contributed by atoms with Crippen LogP contribution in [0.5, 0.6) is 0 Å².